The number of benzene rings is 1. The van der Waals surface area contributed by atoms with E-state index in [-0.39, 0.29) is 18.2 Å². The summed E-state index contributed by atoms with van der Waals surface area (Å²) >= 11 is 6.20. The first kappa shape index (κ1) is 13.9. The molecule has 0 aromatic heterocycles. The number of aliphatic hydroxyl groups excluding tert-OH is 1. The molecule has 3 unspecified atom stereocenters. The lowest BCUT2D eigenvalue weighted by Crippen LogP contribution is -2.40. The third kappa shape index (κ3) is 3.47. The largest absolute Gasteiger partial charge is 0.392 e. The maximum absolute atomic E-state index is 10.1. The van der Waals surface area contributed by atoms with Crippen molar-refractivity contribution >= 4 is 11.6 Å². The van der Waals surface area contributed by atoms with E-state index in [1.54, 1.807) is 0 Å². The molecule has 1 saturated carbocycles. The van der Waals surface area contributed by atoms with Gasteiger partial charge in [-0.05, 0) is 31.4 Å². The SMILES string of the molecule is CC(NC1CCCCCC1O)c1ccccc1Cl. The minimum atomic E-state index is -0.225. The summed E-state index contributed by atoms with van der Waals surface area (Å²) in [6, 6.07) is 8.28. The van der Waals surface area contributed by atoms with Crippen LogP contribution in [0, 0.1) is 0 Å². The molecule has 1 aliphatic rings. The Balaban J connectivity index is 2.02. The number of hydrogen-bond donors (Lipinski definition) is 2. The second-order valence-corrected chi connectivity index (χ2v) is 5.63. The first-order chi connectivity index (χ1) is 8.68. The minimum absolute atomic E-state index is 0.177. The smallest absolute Gasteiger partial charge is 0.0693 e. The topological polar surface area (TPSA) is 32.3 Å². The monoisotopic (exact) mass is 267 g/mol. The highest BCUT2D eigenvalue weighted by Gasteiger charge is 2.23. The van der Waals surface area contributed by atoms with Crippen LogP contribution < -0.4 is 5.32 Å². The number of hydrogen-bond acceptors (Lipinski definition) is 2. The van der Waals surface area contributed by atoms with Gasteiger partial charge in [0, 0.05) is 17.1 Å². The zero-order chi connectivity index (χ0) is 13.0. The molecule has 2 rings (SSSR count). The zero-order valence-corrected chi connectivity index (χ0v) is 11.7. The fourth-order valence-electron chi connectivity index (χ4n) is 2.72. The second-order valence-electron chi connectivity index (χ2n) is 5.22. The van der Waals surface area contributed by atoms with Gasteiger partial charge in [0.15, 0.2) is 0 Å². The van der Waals surface area contributed by atoms with Gasteiger partial charge in [0.2, 0.25) is 0 Å². The van der Waals surface area contributed by atoms with Gasteiger partial charge in [-0.1, -0.05) is 49.1 Å². The molecule has 0 radical (unpaired) electrons. The Kier molecular flexibility index (Phi) is 5.04. The first-order valence-corrected chi connectivity index (χ1v) is 7.25. The van der Waals surface area contributed by atoms with Crippen LogP contribution >= 0.6 is 11.6 Å². The first-order valence-electron chi connectivity index (χ1n) is 6.87. The summed E-state index contributed by atoms with van der Waals surface area (Å²) in [6.07, 6.45) is 5.31. The van der Waals surface area contributed by atoms with Gasteiger partial charge in [-0.3, -0.25) is 0 Å². The van der Waals surface area contributed by atoms with Crippen LogP contribution in [0.5, 0.6) is 0 Å². The van der Waals surface area contributed by atoms with Crippen LogP contribution in [0.4, 0.5) is 0 Å². The molecular weight excluding hydrogens is 246 g/mol. The molecule has 0 heterocycles. The van der Waals surface area contributed by atoms with Gasteiger partial charge in [-0.2, -0.15) is 0 Å². The van der Waals surface area contributed by atoms with Crippen molar-refractivity contribution in [2.45, 2.75) is 57.2 Å². The quantitative estimate of drug-likeness (QED) is 0.819. The molecule has 3 heteroatoms. The van der Waals surface area contributed by atoms with E-state index >= 15 is 0 Å². The number of nitrogens with one attached hydrogen (secondary N) is 1. The fourth-order valence-corrected chi connectivity index (χ4v) is 3.02. The molecular formula is C15H22ClNO. The normalized spacial score (nSPS) is 26.6. The van der Waals surface area contributed by atoms with E-state index in [4.69, 9.17) is 11.6 Å². The third-order valence-electron chi connectivity index (χ3n) is 3.82. The summed E-state index contributed by atoms with van der Waals surface area (Å²) in [4.78, 5) is 0. The van der Waals surface area contributed by atoms with Gasteiger partial charge in [0.05, 0.1) is 6.10 Å². The van der Waals surface area contributed by atoms with E-state index in [1.807, 2.05) is 24.3 Å². The molecule has 0 saturated heterocycles. The van der Waals surface area contributed by atoms with Crippen molar-refractivity contribution in [3.63, 3.8) is 0 Å². The molecule has 0 aliphatic heterocycles. The number of halogens is 1. The Morgan fingerprint density at radius 3 is 2.72 bits per heavy atom. The van der Waals surface area contributed by atoms with Gasteiger partial charge >= 0.3 is 0 Å². The standard InChI is InChI=1S/C15H22ClNO/c1-11(12-7-5-6-8-13(12)16)17-14-9-3-2-4-10-15(14)18/h5-8,11,14-15,17-18H,2-4,9-10H2,1H3. The Hall–Kier alpha value is -0.570. The van der Waals surface area contributed by atoms with Gasteiger partial charge in [-0.15, -0.1) is 0 Å². The van der Waals surface area contributed by atoms with Crippen molar-refractivity contribution < 1.29 is 5.11 Å². The molecule has 1 aromatic rings. The van der Waals surface area contributed by atoms with E-state index in [2.05, 4.69) is 12.2 Å². The molecule has 1 aliphatic carbocycles. The molecule has 0 spiro atoms. The lowest BCUT2D eigenvalue weighted by atomic mass is 10.0. The van der Waals surface area contributed by atoms with E-state index in [9.17, 15) is 5.11 Å². The molecule has 18 heavy (non-hydrogen) atoms. The number of aliphatic hydroxyl groups is 1. The Morgan fingerprint density at radius 1 is 1.22 bits per heavy atom. The van der Waals surface area contributed by atoms with Crippen molar-refractivity contribution in [1.82, 2.24) is 5.32 Å². The fraction of sp³-hybridized carbons (Fsp3) is 0.600. The zero-order valence-electron chi connectivity index (χ0n) is 10.9. The van der Waals surface area contributed by atoms with E-state index in [0.29, 0.717) is 0 Å². The lowest BCUT2D eigenvalue weighted by molar-refractivity contribution is 0.115. The van der Waals surface area contributed by atoms with Crippen LogP contribution in [-0.2, 0) is 0 Å². The van der Waals surface area contributed by atoms with Crippen molar-refractivity contribution in [3.8, 4) is 0 Å². The van der Waals surface area contributed by atoms with Crippen molar-refractivity contribution in [2.24, 2.45) is 0 Å². The molecule has 3 atom stereocenters. The third-order valence-corrected chi connectivity index (χ3v) is 4.16. The van der Waals surface area contributed by atoms with Crippen molar-refractivity contribution in [2.75, 3.05) is 0 Å². The summed E-state index contributed by atoms with van der Waals surface area (Å²) in [7, 11) is 0. The van der Waals surface area contributed by atoms with Gasteiger partial charge in [0.1, 0.15) is 0 Å². The van der Waals surface area contributed by atoms with E-state index in [0.717, 1.165) is 29.8 Å². The average Bonchev–Trinajstić information content (AvgIpc) is 2.55. The number of rotatable bonds is 3. The van der Waals surface area contributed by atoms with Crippen molar-refractivity contribution in [3.05, 3.63) is 34.9 Å². The molecule has 2 nitrogen and oxygen atoms in total. The predicted octanol–water partition coefficient (Wildman–Crippen LogP) is 3.68. The maximum atomic E-state index is 10.1. The second kappa shape index (κ2) is 6.55. The molecule has 2 N–H and O–H groups in total. The van der Waals surface area contributed by atoms with Crippen molar-refractivity contribution in [1.29, 1.82) is 0 Å². The van der Waals surface area contributed by atoms with E-state index < -0.39 is 0 Å². The summed E-state index contributed by atoms with van der Waals surface area (Å²) < 4.78 is 0. The van der Waals surface area contributed by atoms with Crippen LogP contribution in [0.3, 0.4) is 0 Å². The van der Waals surface area contributed by atoms with Crippen LogP contribution in [0.15, 0.2) is 24.3 Å². The minimum Gasteiger partial charge on any atom is -0.392 e. The van der Waals surface area contributed by atoms with Crippen LogP contribution in [-0.4, -0.2) is 17.3 Å². The Bertz CT molecular complexity index is 383. The maximum Gasteiger partial charge on any atom is 0.0693 e. The summed E-state index contributed by atoms with van der Waals surface area (Å²) in [6.45, 7) is 2.11. The Labute approximate surface area is 114 Å². The van der Waals surface area contributed by atoms with Gasteiger partial charge in [-0.25, -0.2) is 0 Å². The van der Waals surface area contributed by atoms with Gasteiger partial charge < -0.3 is 10.4 Å². The predicted molar refractivity (Wildman–Crippen MR) is 75.9 cm³/mol. The van der Waals surface area contributed by atoms with Gasteiger partial charge in [0.25, 0.3) is 0 Å². The lowest BCUT2D eigenvalue weighted by Gasteiger charge is -2.26. The van der Waals surface area contributed by atoms with E-state index in [1.165, 1.54) is 12.8 Å². The molecule has 100 valence electrons. The molecule has 1 fully saturated rings. The van der Waals surface area contributed by atoms with Crippen LogP contribution in [0.1, 0.15) is 50.6 Å². The highest BCUT2D eigenvalue weighted by Crippen LogP contribution is 2.25. The molecule has 1 aromatic carbocycles. The highest BCUT2D eigenvalue weighted by atomic mass is 35.5. The molecule has 0 amide bonds. The Morgan fingerprint density at radius 2 is 1.94 bits per heavy atom. The highest BCUT2D eigenvalue weighted by molar-refractivity contribution is 6.31. The average molecular weight is 268 g/mol. The molecule has 0 bridgehead atoms. The van der Waals surface area contributed by atoms with Crippen LogP contribution in [0.2, 0.25) is 5.02 Å². The summed E-state index contributed by atoms with van der Waals surface area (Å²) in [5.74, 6) is 0. The summed E-state index contributed by atoms with van der Waals surface area (Å²) in [5.41, 5.74) is 1.11. The van der Waals surface area contributed by atoms with Crippen LogP contribution in [0.25, 0.3) is 0 Å². The summed E-state index contributed by atoms with van der Waals surface area (Å²) in [5, 5.41) is 14.4.